The van der Waals surface area contributed by atoms with E-state index in [2.05, 4.69) is 220 Å². The zero-order chi connectivity index (χ0) is 52.6. The number of benzene rings is 7. The van der Waals surface area contributed by atoms with Crippen LogP contribution in [-0.4, -0.2) is 6.71 Å². The minimum absolute atomic E-state index is 0.0233. The molecule has 0 amide bonds. The summed E-state index contributed by atoms with van der Waals surface area (Å²) in [5.74, 6) is 0. The van der Waals surface area contributed by atoms with Gasteiger partial charge in [0.2, 0.25) is 0 Å². The van der Waals surface area contributed by atoms with Gasteiger partial charge in [0, 0.05) is 50.9 Å². The molecule has 76 heavy (non-hydrogen) atoms. The smallest absolute Gasteiger partial charge is 0.252 e. The topological polar surface area (TPSA) is 9.72 Å². The van der Waals surface area contributed by atoms with Crippen molar-refractivity contribution in [1.29, 1.82) is 0 Å². The average Bonchev–Trinajstić information content (AvgIpc) is 3.77. The lowest BCUT2D eigenvalue weighted by atomic mass is 9.33. The lowest BCUT2D eigenvalue weighted by Crippen LogP contribution is -2.61. The molecule has 3 nitrogen and oxygen atoms in total. The predicted molar refractivity (Wildman–Crippen MR) is 322 cm³/mol. The van der Waals surface area contributed by atoms with E-state index in [1.807, 2.05) is 0 Å². The van der Waals surface area contributed by atoms with E-state index in [1.165, 1.54) is 118 Å². The minimum atomic E-state index is -0.368. The van der Waals surface area contributed by atoms with Crippen molar-refractivity contribution < 1.29 is 0 Å². The summed E-state index contributed by atoms with van der Waals surface area (Å²) >= 11 is 0. The maximum Gasteiger partial charge on any atom is 0.252 e. The first kappa shape index (κ1) is 47.2. The van der Waals surface area contributed by atoms with Gasteiger partial charge in [-0.25, -0.2) is 0 Å². The molecule has 0 spiro atoms. The van der Waals surface area contributed by atoms with E-state index in [0.717, 1.165) is 64.2 Å². The summed E-state index contributed by atoms with van der Waals surface area (Å²) in [6, 6.07) is 48.3. The summed E-state index contributed by atoms with van der Waals surface area (Å²) in [7, 11) is 0. The molecule has 0 saturated carbocycles. The van der Waals surface area contributed by atoms with Crippen molar-refractivity contribution in [2.45, 2.75) is 171 Å². The molecule has 2 unspecified atom stereocenters. The Kier molecular flexibility index (Phi) is 9.30. The third-order valence-corrected chi connectivity index (χ3v) is 20.9. The van der Waals surface area contributed by atoms with Gasteiger partial charge < -0.3 is 14.7 Å². The summed E-state index contributed by atoms with van der Waals surface area (Å²) in [6.45, 7) is 32.2. The van der Waals surface area contributed by atoms with Crippen LogP contribution >= 0.6 is 0 Å². The molecule has 0 saturated heterocycles. The van der Waals surface area contributed by atoms with Crippen LogP contribution in [0.5, 0.6) is 0 Å². The number of hydrogen-bond donors (Lipinski definition) is 0. The molecule has 2 atom stereocenters. The van der Waals surface area contributed by atoms with Gasteiger partial charge in [0.1, 0.15) is 0 Å². The highest BCUT2D eigenvalue weighted by atomic mass is 15.3. The third-order valence-electron chi connectivity index (χ3n) is 20.9. The van der Waals surface area contributed by atoms with Crippen molar-refractivity contribution in [3.63, 3.8) is 0 Å². The van der Waals surface area contributed by atoms with Gasteiger partial charge in [-0.3, -0.25) is 0 Å². The van der Waals surface area contributed by atoms with E-state index in [4.69, 9.17) is 0 Å². The highest BCUT2D eigenvalue weighted by Crippen LogP contribution is 2.65. The molecule has 5 aliphatic carbocycles. The van der Waals surface area contributed by atoms with Crippen LogP contribution in [0.15, 0.2) is 115 Å². The Morgan fingerprint density at radius 3 is 1.36 bits per heavy atom. The van der Waals surface area contributed by atoms with Crippen LogP contribution in [0.4, 0.5) is 45.5 Å². The first-order valence-corrected chi connectivity index (χ1v) is 29.2. The van der Waals surface area contributed by atoms with Gasteiger partial charge in [-0.1, -0.05) is 144 Å². The summed E-state index contributed by atoms with van der Waals surface area (Å²) in [6.07, 6.45) is 11.1. The first-order valence-electron chi connectivity index (χ1n) is 29.2. The lowest BCUT2D eigenvalue weighted by Gasteiger charge is -2.52. The molecule has 0 N–H and O–H groups in total. The van der Waals surface area contributed by atoms with Crippen LogP contribution in [0.25, 0.3) is 0 Å². The molecule has 15 rings (SSSR count). The third kappa shape index (κ3) is 6.60. The van der Waals surface area contributed by atoms with Crippen LogP contribution in [0.1, 0.15) is 163 Å². The maximum atomic E-state index is 2.85. The second-order valence-electron chi connectivity index (χ2n) is 30.2. The Hall–Kier alpha value is -6.00. The number of rotatable bonds is 3. The normalized spacial score (nSPS) is 23.8. The molecule has 0 fully saturated rings. The van der Waals surface area contributed by atoms with Gasteiger partial charge in [0.25, 0.3) is 6.71 Å². The van der Waals surface area contributed by atoms with Crippen molar-refractivity contribution in [1.82, 2.24) is 0 Å². The SMILES string of the molecule is CC1(C)Cc2ccc(N3c4cc5c(cc4B4c6cc7c(cc6N(c6ccc8c(c6)CC(C)(C)C8)c6cc(N8c9ccc(C(C)(C)C)cc9C9(C)CCc%10ccccc%10C89C)cc3c64)CC(C)(C)C7)CC(C)(C)C5)cc2C1. The maximum absolute atomic E-state index is 2.85. The molecular formula is C72H78BN3. The van der Waals surface area contributed by atoms with Crippen LogP contribution in [-0.2, 0) is 74.2 Å². The van der Waals surface area contributed by atoms with E-state index >= 15 is 0 Å². The molecular weight excluding hydrogens is 918 g/mol. The zero-order valence-electron chi connectivity index (χ0n) is 48.0. The summed E-state index contributed by atoms with van der Waals surface area (Å²) in [4.78, 5) is 8.39. The van der Waals surface area contributed by atoms with Gasteiger partial charge in [0.05, 0.1) is 5.54 Å². The molecule has 4 heteroatoms. The Balaban J connectivity index is 1.07. The van der Waals surface area contributed by atoms with E-state index in [9.17, 15) is 0 Å². The number of aryl methyl sites for hydroxylation is 1. The van der Waals surface area contributed by atoms with Gasteiger partial charge in [-0.05, 0) is 236 Å². The molecule has 0 aromatic heterocycles. The fourth-order valence-corrected chi connectivity index (χ4v) is 17.3. The summed E-state index contributed by atoms with van der Waals surface area (Å²) in [5.41, 5.74) is 33.4. The van der Waals surface area contributed by atoms with E-state index < -0.39 is 0 Å². The van der Waals surface area contributed by atoms with Gasteiger partial charge in [-0.2, -0.15) is 0 Å². The molecule has 3 aliphatic heterocycles. The molecule has 7 aromatic rings. The Bertz CT molecular complexity index is 3560. The lowest BCUT2D eigenvalue weighted by molar-refractivity contribution is 0.245. The fourth-order valence-electron chi connectivity index (χ4n) is 17.3. The van der Waals surface area contributed by atoms with E-state index in [1.54, 1.807) is 11.1 Å². The Morgan fingerprint density at radius 2 is 0.855 bits per heavy atom. The highest BCUT2D eigenvalue weighted by molar-refractivity contribution is 7.00. The van der Waals surface area contributed by atoms with Crippen molar-refractivity contribution in [2.24, 2.45) is 21.7 Å². The first-order chi connectivity index (χ1) is 35.9. The number of fused-ring (bicyclic) bond motifs is 13. The summed E-state index contributed by atoms with van der Waals surface area (Å²) < 4.78 is 0. The minimum Gasteiger partial charge on any atom is -0.330 e. The average molecular weight is 996 g/mol. The largest absolute Gasteiger partial charge is 0.330 e. The second-order valence-corrected chi connectivity index (χ2v) is 30.2. The standard InChI is InChI=1S/C72H78BN3/c1-66(2,3)52-20-23-60-57(32-52)71(12)25-24-43-16-14-15-17-56(43)72(71,13)76(60)55-33-63-65-64(34-55)75(54-22-19-45-36-68(6,7)38-47(45)27-54)62-31-51-42-70(10,11)40-49(51)29-59(62)73(65)58-28-48-39-69(8,9)41-50(48)30-61(58)74(63)53-21-18-44-35-67(4,5)37-46(44)26-53/h14-23,26-34H,24-25,35-42H2,1-13H3. The zero-order valence-corrected chi connectivity index (χ0v) is 48.0. The van der Waals surface area contributed by atoms with Crippen LogP contribution in [0, 0.1) is 21.7 Å². The van der Waals surface area contributed by atoms with Gasteiger partial charge in [0.15, 0.2) is 0 Å². The molecule has 0 radical (unpaired) electrons. The van der Waals surface area contributed by atoms with Crippen LogP contribution in [0.2, 0.25) is 0 Å². The Labute approximate surface area is 455 Å². The van der Waals surface area contributed by atoms with Crippen molar-refractivity contribution in [2.75, 3.05) is 14.7 Å². The van der Waals surface area contributed by atoms with E-state index in [-0.39, 0.29) is 44.7 Å². The van der Waals surface area contributed by atoms with Crippen LogP contribution < -0.4 is 31.1 Å². The van der Waals surface area contributed by atoms with E-state index in [0.29, 0.717) is 0 Å². The highest BCUT2D eigenvalue weighted by Gasteiger charge is 2.60. The Morgan fingerprint density at radius 1 is 0.395 bits per heavy atom. The quantitative estimate of drug-likeness (QED) is 0.163. The number of nitrogens with zero attached hydrogens (tertiary/aromatic N) is 3. The van der Waals surface area contributed by atoms with Gasteiger partial charge in [-0.15, -0.1) is 0 Å². The van der Waals surface area contributed by atoms with Crippen molar-refractivity contribution in [3.8, 4) is 0 Å². The number of hydrogen-bond acceptors (Lipinski definition) is 3. The predicted octanol–water partition coefficient (Wildman–Crippen LogP) is 15.8. The summed E-state index contributed by atoms with van der Waals surface area (Å²) in [5, 5.41) is 0. The molecule has 384 valence electrons. The number of anilines is 8. The monoisotopic (exact) mass is 996 g/mol. The van der Waals surface area contributed by atoms with Crippen molar-refractivity contribution >= 4 is 68.6 Å². The fraction of sp³-hybridized carbons (Fsp3) is 0.417. The molecule has 0 bridgehead atoms. The van der Waals surface area contributed by atoms with Crippen molar-refractivity contribution in [3.05, 3.63) is 182 Å². The molecule has 3 heterocycles. The molecule has 8 aliphatic rings. The molecule has 7 aromatic carbocycles. The second kappa shape index (κ2) is 15.0. The van der Waals surface area contributed by atoms with Crippen LogP contribution in [0.3, 0.4) is 0 Å². The van der Waals surface area contributed by atoms with Gasteiger partial charge >= 0.3 is 0 Å².